The molecule has 1 saturated heterocycles. The fourth-order valence-corrected chi connectivity index (χ4v) is 4.97. The minimum atomic E-state index is -0.823. The van der Waals surface area contributed by atoms with Crippen LogP contribution in [0.1, 0.15) is 38.2 Å². The standard InChI is InChI=1S/C22H32F2N4OS/c1-2-25-22(26-11-10-16-4-3-5-19(23)20(16)24)27-18-8-6-17(7-9-18)21(29)28-12-14-30-15-13-28/h3-5,17-18H,2,6-15H2,1H3,(H2,25,26,27). The van der Waals surface area contributed by atoms with Gasteiger partial charge in [0.15, 0.2) is 17.6 Å². The molecule has 8 heteroatoms. The van der Waals surface area contributed by atoms with Gasteiger partial charge in [0.2, 0.25) is 5.91 Å². The van der Waals surface area contributed by atoms with Gasteiger partial charge in [-0.25, -0.2) is 8.78 Å². The van der Waals surface area contributed by atoms with Crippen LogP contribution in [-0.2, 0) is 11.2 Å². The maximum atomic E-state index is 13.8. The number of aliphatic imine (C=N–C) groups is 1. The molecule has 0 spiro atoms. The normalized spacial score (nSPS) is 22.6. The molecule has 0 radical (unpaired) electrons. The number of nitrogens with zero attached hydrogens (tertiary/aromatic N) is 2. The number of hydrogen-bond acceptors (Lipinski definition) is 3. The van der Waals surface area contributed by atoms with Crippen LogP contribution in [-0.4, -0.2) is 60.5 Å². The molecule has 1 aliphatic carbocycles. The van der Waals surface area contributed by atoms with Crippen molar-refractivity contribution >= 4 is 23.6 Å². The van der Waals surface area contributed by atoms with Gasteiger partial charge in [-0.1, -0.05) is 12.1 Å². The molecular formula is C22H32F2N4OS. The van der Waals surface area contributed by atoms with Crippen LogP contribution < -0.4 is 10.6 Å². The Balaban J connectivity index is 1.47. The van der Waals surface area contributed by atoms with Crippen molar-refractivity contribution in [3.63, 3.8) is 0 Å². The van der Waals surface area contributed by atoms with Gasteiger partial charge in [-0.3, -0.25) is 9.79 Å². The predicted molar refractivity (Wildman–Crippen MR) is 119 cm³/mol. The van der Waals surface area contributed by atoms with Crippen molar-refractivity contribution in [3.05, 3.63) is 35.4 Å². The van der Waals surface area contributed by atoms with E-state index >= 15 is 0 Å². The Morgan fingerprint density at radius 2 is 1.93 bits per heavy atom. The van der Waals surface area contributed by atoms with E-state index in [9.17, 15) is 13.6 Å². The SMILES string of the molecule is CCNC(=NCCc1cccc(F)c1F)NC1CCC(C(=O)N2CCSCC2)CC1. The molecule has 0 bridgehead atoms. The topological polar surface area (TPSA) is 56.7 Å². The second-order valence-electron chi connectivity index (χ2n) is 7.85. The van der Waals surface area contributed by atoms with E-state index in [0.717, 1.165) is 62.9 Å². The van der Waals surface area contributed by atoms with Crippen LogP contribution in [0.3, 0.4) is 0 Å². The third kappa shape index (κ3) is 6.33. The summed E-state index contributed by atoms with van der Waals surface area (Å²) in [6, 6.07) is 4.51. The lowest BCUT2D eigenvalue weighted by molar-refractivity contribution is -0.136. The number of halogens is 2. The van der Waals surface area contributed by atoms with Gasteiger partial charge in [-0.05, 0) is 50.7 Å². The first kappa shape index (κ1) is 22.8. The largest absolute Gasteiger partial charge is 0.357 e. The van der Waals surface area contributed by atoms with Crippen LogP contribution in [0.25, 0.3) is 0 Å². The molecule has 1 heterocycles. The van der Waals surface area contributed by atoms with Gasteiger partial charge >= 0.3 is 0 Å². The third-order valence-corrected chi connectivity index (χ3v) is 6.71. The third-order valence-electron chi connectivity index (χ3n) is 5.77. The molecule has 0 unspecified atom stereocenters. The molecule has 3 rings (SSSR count). The van der Waals surface area contributed by atoms with Crippen LogP contribution in [0.5, 0.6) is 0 Å². The van der Waals surface area contributed by atoms with Gasteiger partial charge in [-0.15, -0.1) is 0 Å². The molecule has 1 aromatic rings. The molecule has 2 N–H and O–H groups in total. The fraction of sp³-hybridized carbons (Fsp3) is 0.636. The number of benzene rings is 1. The van der Waals surface area contributed by atoms with E-state index in [1.165, 1.54) is 6.07 Å². The summed E-state index contributed by atoms with van der Waals surface area (Å²) in [6.45, 7) is 4.85. The van der Waals surface area contributed by atoms with Gasteiger partial charge in [0.1, 0.15) is 0 Å². The number of carbonyl (C=O) groups is 1. The summed E-state index contributed by atoms with van der Waals surface area (Å²) in [5, 5.41) is 6.67. The highest BCUT2D eigenvalue weighted by Gasteiger charge is 2.30. The van der Waals surface area contributed by atoms with E-state index in [1.807, 2.05) is 23.6 Å². The van der Waals surface area contributed by atoms with Crippen molar-refractivity contribution in [3.8, 4) is 0 Å². The van der Waals surface area contributed by atoms with Crippen molar-refractivity contribution < 1.29 is 13.6 Å². The highest BCUT2D eigenvalue weighted by molar-refractivity contribution is 7.99. The van der Waals surface area contributed by atoms with Crippen molar-refractivity contribution in [2.24, 2.45) is 10.9 Å². The molecule has 5 nitrogen and oxygen atoms in total. The molecule has 2 aliphatic rings. The number of rotatable bonds is 6. The van der Waals surface area contributed by atoms with E-state index in [0.29, 0.717) is 30.4 Å². The first-order chi connectivity index (χ1) is 14.6. The molecule has 30 heavy (non-hydrogen) atoms. The lowest BCUT2D eigenvalue weighted by Crippen LogP contribution is -2.47. The molecule has 1 aliphatic heterocycles. The molecule has 2 fully saturated rings. The Labute approximate surface area is 182 Å². The van der Waals surface area contributed by atoms with Gasteiger partial charge in [0.25, 0.3) is 0 Å². The smallest absolute Gasteiger partial charge is 0.225 e. The Morgan fingerprint density at radius 3 is 2.63 bits per heavy atom. The first-order valence-electron chi connectivity index (χ1n) is 10.9. The maximum Gasteiger partial charge on any atom is 0.225 e. The Bertz CT molecular complexity index is 732. The van der Waals surface area contributed by atoms with Crippen LogP contribution >= 0.6 is 11.8 Å². The van der Waals surface area contributed by atoms with Crippen molar-refractivity contribution in [1.29, 1.82) is 0 Å². The van der Waals surface area contributed by atoms with Gasteiger partial charge in [0, 0.05) is 49.6 Å². The van der Waals surface area contributed by atoms with Gasteiger partial charge in [0.05, 0.1) is 0 Å². The van der Waals surface area contributed by atoms with E-state index in [-0.39, 0.29) is 12.0 Å². The summed E-state index contributed by atoms with van der Waals surface area (Å²) >= 11 is 1.92. The molecule has 0 aromatic heterocycles. The second-order valence-corrected chi connectivity index (χ2v) is 9.08. The minimum Gasteiger partial charge on any atom is -0.357 e. The number of hydrogen-bond donors (Lipinski definition) is 2. The van der Waals surface area contributed by atoms with Crippen LogP contribution in [0, 0.1) is 17.6 Å². The summed E-state index contributed by atoms with van der Waals surface area (Å²) < 4.78 is 27.1. The summed E-state index contributed by atoms with van der Waals surface area (Å²) in [5.74, 6) is 1.64. The quantitative estimate of drug-likeness (QED) is 0.529. The number of carbonyl (C=O) groups excluding carboxylic acids is 1. The summed E-state index contributed by atoms with van der Waals surface area (Å²) in [4.78, 5) is 19.3. The van der Waals surface area contributed by atoms with Crippen LogP contribution in [0.15, 0.2) is 23.2 Å². The van der Waals surface area contributed by atoms with Gasteiger partial charge in [-0.2, -0.15) is 11.8 Å². The van der Waals surface area contributed by atoms with Gasteiger partial charge < -0.3 is 15.5 Å². The Kier molecular flexibility index (Phi) is 8.78. The molecule has 1 amide bonds. The maximum absolute atomic E-state index is 13.8. The summed E-state index contributed by atoms with van der Waals surface area (Å²) in [5.41, 5.74) is 0.338. The average molecular weight is 439 g/mol. The zero-order valence-electron chi connectivity index (χ0n) is 17.6. The molecular weight excluding hydrogens is 406 g/mol. The number of thioether (sulfide) groups is 1. The minimum absolute atomic E-state index is 0.140. The molecule has 0 atom stereocenters. The van der Waals surface area contributed by atoms with E-state index in [1.54, 1.807) is 6.07 Å². The molecule has 1 aromatic carbocycles. The van der Waals surface area contributed by atoms with Crippen molar-refractivity contribution in [2.75, 3.05) is 37.7 Å². The summed E-state index contributed by atoms with van der Waals surface area (Å²) in [7, 11) is 0. The average Bonchev–Trinajstić information content (AvgIpc) is 2.77. The Morgan fingerprint density at radius 1 is 1.20 bits per heavy atom. The number of amides is 1. The zero-order chi connectivity index (χ0) is 21.3. The number of nitrogens with one attached hydrogen (secondary N) is 2. The number of guanidine groups is 1. The van der Waals surface area contributed by atoms with Crippen LogP contribution in [0.2, 0.25) is 0 Å². The highest BCUT2D eigenvalue weighted by atomic mass is 32.2. The van der Waals surface area contributed by atoms with Crippen molar-refractivity contribution in [2.45, 2.75) is 45.1 Å². The van der Waals surface area contributed by atoms with Crippen molar-refractivity contribution in [1.82, 2.24) is 15.5 Å². The second kappa shape index (κ2) is 11.5. The lowest BCUT2D eigenvalue weighted by atomic mass is 9.85. The van der Waals surface area contributed by atoms with E-state index < -0.39 is 11.6 Å². The van der Waals surface area contributed by atoms with E-state index in [2.05, 4.69) is 15.6 Å². The molecule has 1 saturated carbocycles. The lowest BCUT2D eigenvalue weighted by Gasteiger charge is -2.34. The first-order valence-corrected chi connectivity index (χ1v) is 12.1. The van der Waals surface area contributed by atoms with E-state index in [4.69, 9.17) is 0 Å². The Hall–Kier alpha value is -1.83. The fourth-order valence-electron chi connectivity index (χ4n) is 4.07. The predicted octanol–water partition coefficient (Wildman–Crippen LogP) is 3.20. The highest BCUT2D eigenvalue weighted by Crippen LogP contribution is 2.27. The monoisotopic (exact) mass is 438 g/mol. The zero-order valence-corrected chi connectivity index (χ0v) is 18.4. The van der Waals surface area contributed by atoms with Crippen LogP contribution in [0.4, 0.5) is 8.78 Å². The molecule has 166 valence electrons. The summed E-state index contributed by atoms with van der Waals surface area (Å²) in [6.07, 6.45) is 4.00.